The minimum atomic E-state index is -3.75. The second kappa shape index (κ2) is 7.45. The van der Waals surface area contributed by atoms with Crippen molar-refractivity contribution in [3.05, 3.63) is 58.0 Å². The first-order valence-electron chi connectivity index (χ1n) is 7.72. The summed E-state index contributed by atoms with van der Waals surface area (Å²) in [6.07, 6.45) is 1.13. The number of anilines is 1. The van der Waals surface area contributed by atoms with Crippen LogP contribution in [0.2, 0.25) is 5.02 Å². The van der Waals surface area contributed by atoms with E-state index in [1.807, 2.05) is 6.07 Å². The number of nitrogens with one attached hydrogen (secondary N) is 1. The SMILES string of the molecule is O=C(Nc1cccc(Br)c1)C1CCCN1S(=O)(=O)c1ccc(Cl)cc1. The lowest BCUT2D eigenvalue weighted by Crippen LogP contribution is -2.43. The van der Waals surface area contributed by atoms with Gasteiger partial charge in [-0.25, -0.2) is 8.42 Å². The molecule has 1 aliphatic heterocycles. The molecule has 1 N–H and O–H groups in total. The Morgan fingerprint density at radius 2 is 1.92 bits per heavy atom. The van der Waals surface area contributed by atoms with E-state index in [-0.39, 0.29) is 10.8 Å². The summed E-state index contributed by atoms with van der Waals surface area (Å²) >= 11 is 9.17. The van der Waals surface area contributed by atoms with Crippen LogP contribution in [0.5, 0.6) is 0 Å². The zero-order valence-corrected chi connectivity index (χ0v) is 16.3. The van der Waals surface area contributed by atoms with Crippen LogP contribution in [0.1, 0.15) is 12.8 Å². The number of halogens is 2. The Morgan fingerprint density at radius 3 is 2.60 bits per heavy atom. The Bertz CT molecular complexity index is 887. The van der Waals surface area contributed by atoms with Gasteiger partial charge in [0, 0.05) is 21.7 Å². The molecule has 0 aromatic heterocycles. The number of hydrogen-bond donors (Lipinski definition) is 1. The molecule has 132 valence electrons. The molecule has 1 atom stereocenters. The number of benzene rings is 2. The third-order valence-electron chi connectivity index (χ3n) is 4.02. The maximum Gasteiger partial charge on any atom is 0.243 e. The Hall–Kier alpha value is -1.41. The van der Waals surface area contributed by atoms with E-state index in [0.717, 1.165) is 4.47 Å². The lowest BCUT2D eigenvalue weighted by atomic mass is 10.2. The molecule has 2 aromatic rings. The fraction of sp³-hybridized carbons (Fsp3) is 0.235. The molecule has 0 aliphatic carbocycles. The molecule has 0 saturated carbocycles. The van der Waals surface area contributed by atoms with Crippen LogP contribution in [-0.2, 0) is 14.8 Å². The van der Waals surface area contributed by atoms with Gasteiger partial charge in [0.1, 0.15) is 6.04 Å². The van der Waals surface area contributed by atoms with Crippen LogP contribution in [0, 0.1) is 0 Å². The molecule has 2 aromatic carbocycles. The van der Waals surface area contributed by atoms with Crippen LogP contribution in [0.25, 0.3) is 0 Å². The highest BCUT2D eigenvalue weighted by Gasteiger charge is 2.39. The summed E-state index contributed by atoms with van der Waals surface area (Å²) < 4.78 is 27.8. The predicted octanol–water partition coefficient (Wildman–Crippen LogP) is 3.89. The second-order valence-corrected chi connectivity index (χ2v) is 8.97. The number of hydrogen-bond acceptors (Lipinski definition) is 3. The number of sulfonamides is 1. The van der Waals surface area contributed by atoms with Crippen molar-refractivity contribution in [2.45, 2.75) is 23.8 Å². The van der Waals surface area contributed by atoms with E-state index < -0.39 is 16.1 Å². The number of nitrogens with zero attached hydrogens (tertiary/aromatic N) is 1. The first kappa shape index (κ1) is 18.4. The molecule has 1 aliphatic rings. The molecule has 1 fully saturated rings. The van der Waals surface area contributed by atoms with Crippen molar-refractivity contribution in [2.24, 2.45) is 0 Å². The van der Waals surface area contributed by atoms with Crippen LogP contribution in [0.3, 0.4) is 0 Å². The van der Waals surface area contributed by atoms with Crippen molar-refractivity contribution >= 4 is 49.1 Å². The fourth-order valence-electron chi connectivity index (χ4n) is 2.82. The number of rotatable bonds is 4. The van der Waals surface area contributed by atoms with Crippen LogP contribution in [0.15, 0.2) is 57.9 Å². The maximum atomic E-state index is 12.9. The summed E-state index contributed by atoms with van der Waals surface area (Å²) in [6.45, 7) is 0.321. The van der Waals surface area contributed by atoms with Crippen molar-refractivity contribution in [2.75, 3.05) is 11.9 Å². The zero-order chi connectivity index (χ0) is 18.0. The molecule has 8 heteroatoms. The van der Waals surface area contributed by atoms with Gasteiger partial charge in [0.05, 0.1) is 4.90 Å². The van der Waals surface area contributed by atoms with Gasteiger partial charge in [-0.3, -0.25) is 4.79 Å². The van der Waals surface area contributed by atoms with Gasteiger partial charge in [-0.1, -0.05) is 33.6 Å². The molecule has 1 unspecified atom stereocenters. The van der Waals surface area contributed by atoms with E-state index in [9.17, 15) is 13.2 Å². The van der Waals surface area contributed by atoms with Gasteiger partial charge in [-0.15, -0.1) is 0 Å². The minimum absolute atomic E-state index is 0.138. The predicted molar refractivity (Wildman–Crippen MR) is 101 cm³/mol. The highest BCUT2D eigenvalue weighted by Crippen LogP contribution is 2.28. The summed E-state index contributed by atoms with van der Waals surface area (Å²) in [5, 5.41) is 3.25. The Balaban J connectivity index is 1.82. The van der Waals surface area contributed by atoms with E-state index in [4.69, 9.17) is 11.6 Å². The van der Waals surface area contributed by atoms with Gasteiger partial charge in [0.15, 0.2) is 0 Å². The van der Waals surface area contributed by atoms with Gasteiger partial charge in [-0.2, -0.15) is 4.31 Å². The summed E-state index contributed by atoms with van der Waals surface area (Å²) in [7, 11) is -3.75. The largest absolute Gasteiger partial charge is 0.325 e. The second-order valence-electron chi connectivity index (χ2n) is 5.73. The summed E-state index contributed by atoms with van der Waals surface area (Å²) in [5.74, 6) is -0.326. The Kier molecular flexibility index (Phi) is 5.48. The normalized spacial score (nSPS) is 18.2. The molecule has 5 nitrogen and oxygen atoms in total. The van der Waals surface area contributed by atoms with E-state index in [1.54, 1.807) is 18.2 Å². The molecule has 1 saturated heterocycles. The van der Waals surface area contributed by atoms with Crippen molar-refractivity contribution < 1.29 is 13.2 Å². The van der Waals surface area contributed by atoms with Gasteiger partial charge in [0.25, 0.3) is 0 Å². The summed E-state index contributed by atoms with van der Waals surface area (Å²) in [6, 6.07) is 12.4. The molecular formula is C17H16BrClN2O3S. The lowest BCUT2D eigenvalue weighted by Gasteiger charge is -2.23. The van der Waals surface area contributed by atoms with E-state index in [1.165, 1.54) is 28.6 Å². The summed E-state index contributed by atoms with van der Waals surface area (Å²) in [5.41, 5.74) is 0.620. The molecule has 25 heavy (non-hydrogen) atoms. The van der Waals surface area contributed by atoms with Crippen LogP contribution in [0.4, 0.5) is 5.69 Å². The van der Waals surface area contributed by atoms with Gasteiger partial charge >= 0.3 is 0 Å². The molecule has 3 rings (SSSR count). The molecule has 0 radical (unpaired) electrons. The van der Waals surface area contributed by atoms with E-state index >= 15 is 0 Å². The monoisotopic (exact) mass is 442 g/mol. The molecule has 1 heterocycles. The number of carbonyl (C=O) groups is 1. The number of amides is 1. The quantitative estimate of drug-likeness (QED) is 0.779. The first-order valence-corrected chi connectivity index (χ1v) is 10.3. The zero-order valence-electron chi connectivity index (χ0n) is 13.2. The molecular weight excluding hydrogens is 428 g/mol. The third kappa shape index (κ3) is 4.06. The Morgan fingerprint density at radius 1 is 1.20 bits per heavy atom. The van der Waals surface area contributed by atoms with Crippen LogP contribution in [-0.4, -0.2) is 31.2 Å². The maximum absolute atomic E-state index is 12.9. The number of carbonyl (C=O) groups excluding carboxylic acids is 1. The van der Waals surface area contributed by atoms with Crippen LogP contribution < -0.4 is 5.32 Å². The van der Waals surface area contributed by atoms with Crippen molar-refractivity contribution in [3.8, 4) is 0 Å². The van der Waals surface area contributed by atoms with E-state index in [2.05, 4.69) is 21.2 Å². The molecule has 0 bridgehead atoms. The van der Waals surface area contributed by atoms with Crippen LogP contribution >= 0.6 is 27.5 Å². The average molecular weight is 444 g/mol. The highest BCUT2D eigenvalue weighted by atomic mass is 79.9. The topological polar surface area (TPSA) is 66.5 Å². The van der Waals surface area contributed by atoms with Crippen molar-refractivity contribution in [1.29, 1.82) is 0 Å². The highest BCUT2D eigenvalue weighted by molar-refractivity contribution is 9.10. The summed E-state index contributed by atoms with van der Waals surface area (Å²) in [4.78, 5) is 12.8. The molecule has 1 amide bonds. The minimum Gasteiger partial charge on any atom is -0.325 e. The standard InChI is InChI=1S/C17H16BrClN2O3S/c18-12-3-1-4-14(11-12)20-17(22)16-5-2-10-21(16)25(23,24)15-8-6-13(19)7-9-15/h1,3-4,6-9,11,16H,2,5,10H2,(H,20,22). The molecule has 0 spiro atoms. The van der Waals surface area contributed by atoms with Gasteiger partial charge in [0.2, 0.25) is 15.9 Å². The third-order valence-corrected chi connectivity index (χ3v) is 6.69. The Labute approximate surface area is 160 Å². The first-order chi connectivity index (χ1) is 11.9. The van der Waals surface area contributed by atoms with Gasteiger partial charge < -0.3 is 5.32 Å². The smallest absolute Gasteiger partial charge is 0.243 e. The van der Waals surface area contributed by atoms with Crippen molar-refractivity contribution in [3.63, 3.8) is 0 Å². The lowest BCUT2D eigenvalue weighted by molar-refractivity contribution is -0.119. The van der Waals surface area contributed by atoms with Gasteiger partial charge in [-0.05, 0) is 55.3 Å². The van der Waals surface area contributed by atoms with Crippen molar-refractivity contribution in [1.82, 2.24) is 4.31 Å². The average Bonchev–Trinajstić information content (AvgIpc) is 3.06. The fourth-order valence-corrected chi connectivity index (χ4v) is 5.01. The van der Waals surface area contributed by atoms with E-state index in [0.29, 0.717) is 30.1 Å².